The SMILES string of the molecule is Cc1ccc(C(=O)Nc2nnc(-c3ccccc3)s2)cc1NS(C)(=O)=O. The van der Waals surface area contributed by atoms with Crippen LogP contribution in [0.4, 0.5) is 10.8 Å². The standard InChI is InChI=1S/C17H16N4O3S2/c1-11-8-9-13(10-14(11)21-26(2,23)24)15(22)18-17-20-19-16(25-17)12-6-4-3-5-7-12/h3-10,21H,1-2H3,(H,18,20,22). The number of benzene rings is 2. The van der Waals surface area contributed by atoms with Crippen molar-refractivity contribution in [1.29, 1.82) is 0 Å². The van der Waals surface area contributed by atoms with Crippen molar-refractivity contribution in [3.8, 4) is 10.6 Å². The van der Waals surface area contributed by atoms with Crippen molar-refractivity contribution in [3.63, 3.8) is 0 Å². The Balaban J connectivity index is 1.78. The van der Waals surface area contributed by atoms with Crippen molar-refractivity contribution in [1.82, 2.24) is 10.2 Å². The molecule has 0 spiro atoms. The van der Waals surface area contributed by atoms with Gasteiger partial charge in [-0.05, 0) is 24.6 Å². The number of nitrogens with one attached hydrogen (secondary N) is 2. The first-order valence-electron chi connectivity index (χ1n) is 7.60. The highest BCUT2D eigenvalue weighted by Gasteiger charge is 2.13. The maximum Gasteiger partial charge on any atom is 0.257 e. The average Bonchev–Trinajstić information content (AvgIpc) is 3.05. The van der Waals surface area contributed by atoms with Crippen molar-refractivity contribution < 1.29 is 13.2 Å². The third-order valence-corrected chi connectivity index (χ3v) is 4.94. The van der Waals surface area contributed by atoms with Gasteiger partial charge in [0.2, 0.25) is 15.2 Å². The Kier molecular flexibility index (Phi) is 5.01. The molecule has 2 N–H and O–H groups in total. The molecule has 0 aliphatic heterocycles. The molecule has 7 nitrogen and oxygen atoms in total. The fraction of sp³-hybridized carbons (Fsp3) is 0.118. The number of sulfonamides is 1. The van der Waals surface area contributed by atoms with Crippen LogP contribution in [-0.4, -0.2) is 30.8 Å². The predicted octanol–water partition coefficient (Wildman–Crippen LogP) is 3.14. The molecule has 1 aromatic heterocycles. The van der Waals surface area contributed by atoms with Crippen LogP contribution >= 0.6 is 11.3 Å². The number of hydrogen-bond donors (Lipinski definition) is 2. The summed E-state index contributed by atoms with van der Waals surface area (Å²) in [5, 5.41) is 11.8. The lowest BCUT2D eigenvalue weighted by atomic mass is 10.1. The van der Waals surface area contributed by atoms with E-state index in [-0.39, 0.29) is 0 Å². The van der Waals surface area contributed by atoms with E-state index in [9.17, 15) is 13.2 Å². The van der Waals surface area contributed by atoms with E-state index in [2.05, 4.69) is 20.2 Å². The van der Waals surface area contributed by atoms with Crippen LogP contribution in [0, 0.1) is 6.92 Å². The summed E-state index contributed by atoms with van der Waals surface area (Å²) in [6, 6.07) is 14.3. The molecule has 0 radical (unpaired) electrons. The second-order valence-electron chi connectivity index (χ2n) is 5.64. The molecular weight excluding hydrogens is 372 g/mol. The Hall–Kier alpha value is -2.78. The van der Waals surface area contributed by atoms with Crippen LogP contribution in [0.1, 0.15) is 15.9 Å². The van der Waals surface area contributed by atoms with Gasteiger partial charge in [-0.3, -0.25) is 14.8 Å². The molecule has 0 saturated carbocycles. The van der Waals surface area contributed by atoms with Gasteiger partial charge in [0.1, 0.15) is 5.01 Å². The highest BCUT2D eigenvalue weighted by atomic mass is 32.2. The smallest absolute Gasteiger partial charge is 0.257 e. The molecule has 9 heteroatoms. The second-order valence-corrected chi connectivity index (χ2v) is 8.36. The summed E-state index contributed by atoms with van der Waals surface area (Å²) in [6.45, 7) is 1.76. The zero-order valence-electron chi connectivity index (χ0n) is 14.1. The van der Waals surface area contributed by atoms with Crippen molar-refractivity contribution in [3.05, 3.63) is 59.7 Å². The number of carbonyl (C=O) groups is 1. The predicted molar refractivity (Wildman–Crippen MR) is 103 cm³/mol. The zero-order valence-corrected chi connectivity index (χ0v) is 15.7. The molecule has 0 aliphatic rings. The molecule has 26 heavy (non-hydrogen) atoms. The van der Waals surface area contributed by atoms with Gasteiger partial charge in [-0.25, -0.2) is 8.42 Å². The first kappa shape index (κ1) is 18.0. The molecule has 0 bridgehead atoms. The van der Waals surface area contributed by atoms with E-state index in [1.54, 1.807) is 19.1 Å². The molecule has 0 fully saturated rings. The van der Waals surface area contributed by atoms with Gasteiger partial charge < -0.3 is 0 Å². The Bertz CT molecular complexity index is 1050. The Morgan fingerprint density at radius 2 is 1.81 bits per heavy atom. The number of hydrogen-bond acceptors (Lipinski definition) is 6. The monoisotopic (exact) mass is 388 g/mol. The van der Waals surface area contributed by atoms with Crippen LogP contribution in [0.5, 0.6) is 0 Å². The fourth-order valence-electron chi connectivity index (χ4n) is 2.21. The van der Waals surface area contributed by atoms with Crippen molar-refractivity contribution >= 4 is 38.1 Å². The topological polar surface area (TPSA) is 101 Å². The maximum absolute atomic E-state index is 12.4. The van der Waals surface area contributed by atoms with Crippen molar-refractivity contribution in [2.45, 2.75) is 6.92 Å². The minimum absolute atomic E-state index is 0.318. The van der Waals surface area contributed by atoms with Gasteiger partial charge in [0.25, 0.3) is 5.91 Å². The van der Waals surface area contributed by atoms with Crippen LogP contribution in [0.2, 0.25) is 0 Å². The largest absolute Gasteiger partial charge is 0.296 e. The number of carbonyl (C=O) groups excluding carboxylic acids is 1. The molecule has 0 aliphatic carbocycles. The molecule has 2 aromatic carbocycles. The molecule has 0 saturated heterocycles. The summed E-state index contributed by atoms with van der Waals surface area (Å²) in [5.74, 6) is -0.391. The summed E-state index contributed by atoms with van der Waals surface area (Å²) in [6.07, 6.45) is 1.06. The quantitative estimate of drug-likeness (QED) is 0.699. The Labute approximate surface area is 155 Å². The lowest BCUT2D eigenvalue weighted by Gasteiger charge is -2.09. The molecule has 134 valence electrons. The number of aromatic nitrogens is 2. The molecule has 0 unspecified atom stereocenters. The fourth-order valence-corrected chi connectivity index (χ4v) is 3.58. The molecule has 1 heterocycles. The molecule has 3 rings (SSSR count). The van der Waals surface area contributed by atoms with Crippen LogP contribution in [0.3, 0.4) is 0 Å². The molecule has 1 amide bonds. The third-order valence-electron chi connectivity index (χ3n) is 3.46. The number of amides is 1. The average molecular weight is 388 g/mol. The lowest BCUT2D eigenvalue weighted by Crippen LogP contribution is -2.14. The van der Waals surface area contributed by atoms with Crippen molar-refractivity contribution in [2.75, 3.05) is 16.3 Å². The van der Waals surface area contributed by atoms with Gasteiger partial charge in [0.05, 0.1) is 11.9 Å². The van der Waals surface area contributed by atoms with E-state index in [1.807, 2.05) is 30.3 Å². The van der Waals surface area contributed by atoms with Gasteiger partial charge in [0.15, 0.2) is 0 Å². The van der Waals surface area contributed by atoms with E-state index in [0.29, 0.717) is 27.0 Å². The Morgan fingerprint density at radius 1 is 1.08 bits per heavy atom. The number of aryl methyl sites for hydroxylation is 1. The Morgan fingerprint density at radius 3 is 2.50 bits per heavy atom. The minimum atomic E-state index is -3.43. The molecule has 0 atom stereocenters. The second kappa shape index (κ2) is 7.22. The number of nitrogens with zero attached hydrogens (tertiary/aromatic N) is 2. The van der Waals surface area contributed by atoms with Crippen LogP contribution in [-0.2, 0) is 10.0 Å². The summed E-state index contributed by atoms with van der Waals surface area (Å²) >= 11 is 1.26. The van der Waals surface area contributed by atoms with Gasteiger partial charge in [-0.2, -0.15) is 0 Å². The lowest BCUT2D eigenvalue weighted by molar-refractivity contribution is 0.102. The first-order chi connectivity index (χ1) is 12.3. The summed E-state index contributed by atoms with van der Waals surface area (Å²) in [5.41, 5.74) is 2.32. The third kappa shape index (κ3) is 4.44. The van der Waals surface area contributed by atoms with E-state index in [1.165, 1.54) is 17.4 Å². The van der Waals surface area contributed by atoms with Gasteiger partial charge in [-0.1, -0.05) is 47.7 Å². The van der Waals surface area contributed by atoms with Crippen LogP contribution in [0.25, 0.3) is 10.6 Å². The van der Waals surface area contributed by atoms with Crippen LogP contribution < -0.4 is 10.0 Å². The van der Waals surface area contributed by atoms with E-state index in [0.717, 1.165) is 11.8 Å². The molecule has 3 aromatic rings. The van der Waals surface area contributed by atoms with E-state index in [4.69, 9.17) is 0 Å². The van der Waals surface area contributed by atoms with E-state index >= 15 is 0 Å². The van der Waals surface area contributed by atoms with Gasteiger partial charge >= 0.3 is 0 Å². The normalized spacial score (nSPS) is 11.2. The van der Waals surface area contributed by atoms with Gasteiger partial charge in [-0.15, -0.1) is 10.2 Å². The highest BCUT2D eigenvalue weighted by molar-refractivity contribution is 7.92. The summed E-state index contributed by atoms with van der Waals surface area (Å²) in [7, 11) is -3.43. The summed E-state index contributed by atoms with van der Waals surface area (Å²) in [4.78, 5) is 12.4. The highest BCUT2D eigenvalue weighted by Crippen LogP contribution is 2.26. The van der Waals surface area contributed by atoms with Crippen LogP contribution in [0.15, 0.2) is 48.5 Å². The first-order valence-corrected chi connectivity index (χ1v) is 10.3. The number of anilines is 2. The maximum atomic E-state index is 12.4. The van der Waals surface area contributed by atoms with Crippen molar-refractivity contribution in [2.24, 2.45) is 0 Å². The van der Waals surface area contributed by atoms with Gasteiger partial charge in [0, 0.05) is 11.1 Å². The summed E-state index contributed by atoms with van der Waals surface area (Å²) < 4.78 is 25.3. The zero-order chi connectivity index (χ0) is 18.7. The van der Waals surface area contributed by atoms with E-state index < -0.39 is 15.9 Å². The number of rotatable bonds is 5. The molecular formula is C17H16N4O3S2. The minimum Gasteiger partial charge on any atom is -0.296 e.